The van der Waals surface area contributed by atoms with Crippen LogP contribution in [0.25, 0.3) is 0 Å². The molecule has 2 aliphatic carbocycles. The molecule has 0 amide bonds. The highest BCUT2D eigenvalue weighted by molar-refractivity contribution is 6.65. The Balaban J connectivity index is 2.72. The molecular weight excluding hydrogens is 392 g/mol. The van der Waals surface area contributed by atoms with Crippen molar-refractivity contribution in [1.29, 1.82) is 0 Å². The summed E-state index contributed by atoms with van der Waals surface area (Å²) >= 11 is 49.8. The Morgan fingerprint density at radius 1 is 0.765 bits per heavy atom. The fourth-order valence-electron chi connectivity index (χ4n) is 2.63. The van der Waals surface area contributed by atoms with Crippen molar-refractivity contribution >= 4 is 92.8 Å². The number of halogens is 8. The third-order valence-electron chi connectivity index (χ3n) is 3.59. The molecule has 0 aromatic carbocycles. The molecule has 0 aromatic rings. The number of hydrogen-bond acceptors (Lipinski definition) is 0. The highest BCUT2D eigenvalue weighted by Gasteiger charge is 2.81. The summed E-state index contributed by atoms with van der Waals surface area (Å²) in [6, 6.07) is 0. The minimum atomic E-state index is -1.55. The van der Waals surface area contributed by atoms with Crippen molar-refractivity contribution < 1.29 is 0 Å². The molecular formula is C9H6Cl8. The van der Waals surface area contributed by atoms with E-state index in [2.05, 4.69) is 0 Å². The molecule has 2 bridgehead atoms. The zero-order valence-corrected chi connectivity index (χ0v) is 14.1. The predicted molar refractivity (Wildman–Crippen MR) is 78.8 cm³/mol. The lowest BCUT2D eigenvalue weighted by atomic mass is 9.84. The average molecular weight is 398 g/mol. The predicted octanol–water partition coefficient (Wildman–Crippen LogP) is 5.54. The number of fused-ring (bicyclic) bond motifs is 2. The van der Waals surface area contributed by atoms with Crippen LogP contribution in [-0.4, -0.2) is 25.8 Å². The summed E-state index contributed by atoms with van der Waals surface area (Å²) in [7, 11) is 0. The van der Waals surface area contributed by atoms with Crippen LogP contribution in [0.2, 0.25) is 0 Å². The SMILES string of the molecule is ClC[C@@H]1[C@H](CCl)[C@]2(Cl)C(Cl)=C(Cl)[C@@]1(Cl)C2(Cl)Cl. The van der Waals surface area contributed by atoms with Crippen LogP contribution >= 0.6 is 92.8 Å². The molecule has 8 heteroatoms. The van der Waals surface area contributed by atoms with E-state index in [0.717, 1.165) is 0 Å². The molecule has 0 nitrogen and oxygen atoms in total. The van der Waals surface area contributed by atoms with Crippen LogP contribution in [0.1, 0.15) is 0 Å². The summed E-state index contributed by atoms with van der Waals surface area (Å²) in [5.74, 6) is -0.301. The summed E-state index contributed by atoms with van der Waals surface area (Å²) in [5.41, 5.74) is 0. The maximum absolute atomic E-state index is 6.50. The zero-order chi connectivity index (χ0) is 13.2. The topological polar surface area (TPSA) is 0 Å². The van der Waals surface area contributed by atoms with Crippen LogP contribution in [0.3, 0.4) is 0 Å². The Morgan fingerprint density at radius 2 is 1.06 bits per heavy atom. The quantitative estimate of drug-likeness (QED) is 0.536. The maximum Gasteiger partial charge on any atom is 0.166 e. The van der Waals surface area contributed by atoms with E-state index in [-0.39, 0.29) is 33.7 Å². The summed E-state index contributed by atoms with van der Waals surface area (Å²) < 4.78 is -1.55. The molecule has 0 unspecified atom stereocenters. The standard InChI is InChI=1S/C9H6Cl8/c10-1-3-4(2-11)8(15)6(13)5(12)7(3,14)9(8,16)17/h3-4H,1-2H2/t3-,4+,7-,8+. The van der Waals surface area contributed by atoms with Crippen LogP contribution in [0, 0.1) is 11.8 Å². The molecule has 2 aliphatic rings. The molecule has 0 radical (unpaired) electrons. The first-order valence-electron chi connectivity index (χ1n) is 4.65. The van der Waals surface area contributed by atoms with Crippen molar-refractivity contribution in [2.24, 2.45) is 11.8 Å². The van der Waals surface area contributed by atoms with Crippen LogP contribution < -0.4 is 0 Å². The van der Waals surface area contributed by atoms with Crippen molar-refractivity contribution in [3.05, 3.63) is 10.1 Å². The molecule has 1 saturated carbocycles. The summed E-state index contributed by atoms with van der Waals surface area (Å²) in [5, 5.41) is 0.320. The van der Waals surface area contributed by atoms with Gasteiger partial charge < -0.3 is 0 Å². The van der Waals surface area contributed by atoms with Crippen molar-refractivity contribution in [2.45, 2.75) is 14.1 Å². The Bertz CT molecular complexity index is 356. The molecule has 0 heterocycles. The first-order chi connectivity index (χ1) is 7.71. The lowest BCUT2D eigenvalue weighted by molar-refractivity contribution is 0.391. The summed E-state index contributed by atoms with van der Waals surface area (Å²) in [6.45, 7) is 0. The van der Waals surface area contributed by atoms with Gasteiger partial charge in [0.25, 0.3) is 0 Å². The molecule has 0 N–H and O–H groups in total. The van der Waals surface area contributed by atoms with Gasteiger partial charge in [0.1, 0.15) is 9.75 Å². The van der Waals surface area contributed by atoms with E-state index in [1.165, 1.54) is 0 Å². The smallest absolute Gasteiger partial charge is 0.126 e. The van der Waals surface area contributed by atoms with Crippen molar-refractivity contribution in [3.8, 4) is 0 Å². The van der Waals surface area contributed by atoms with Crippen LogP contribution in [0.15, 0.2) is 10.1 Å². The molecule has 4 atom stereocenters. The normalized spacial score (nSPS) is 48.0. The van der Waals surface area contributed by atoms with Gasteiger partial charge in [-0.05, 0) is 0 Å². The highest BCUT2D eigenvalue weighted by Crippen LogP contribution is 2.76. The fourth-order valence-corrected chi connectivity index (χ4v) is 6.77. The first-order valence-corrected chi connectivity index (χ1v) is 7.98. The molecule has 0 saturated heterocycles. The van der Waals surface area contributed by atoms with Crippen LogP contribution in [-0.2, 0) is 0 Å². The molecule has 0 aromatic heterocycles. The van der Waals surface area contributed by atoms with E-state index in [9.17, 15) is 0 Å². The Morgan fingerprint density at radius 3 is 1.29 bits per heavy atom. The van der Waals surface area contributed by atoms with Crippen LogP contribution in [0.5, 0.6) is 0 Å². The van der Waals surface area contributed by atoms with Gasteiger partial charge in [0.15, 0.2) is 4.33 Å². The van der Waals surface area contributed by atoms with E-state index in [1.54, 1.807) is 0 Å². The second kappa shape index (κ2) is 4.53. The third kappa shape index (κ3) is 1.48. The Kier molecular flexibility index (Phi) is 4.12. The molecule has 98 valence electrons. The Hall–Kier alpha value is 2.06. The van der Waals surface area contributed by atoms with Gasteiger partial charge in [0.05, 0.1) is 10.1 Å². The van der Waals surface area contributed by atoms with Gasteiger partial charge in [-0.3, -0.25) is 0 Å². The summed E-state index contributed by atoms with van der Waals surface area (Å²) in [6.07, 6.45) is 0. The van der Waals surface area contributed by atoms with Gasteiger partial charge in [-0.2, -0.15) is 0 Å². The number of allylic oxidation sites excluding steroid dienone is 2. The van der Waals surface area contributed by atoms with E-state index in [4.69, 9.17) is 92.8 Å². The second-order valence-electron chi connectivity index (χ2n) is 4.15. The number of rotatable bonds is 2. The van der Waals surface area contributed by atoms with Crippen molar-refractivity contribution in [1.82, 2.24) is 0 Å². The largest absolute Gasteiger partial charge is 0.166 e. The van der Waals surface area contributed by atoms with E-state index >= 15 is 0 Å². The van der Waals surface area contributed by atoms with Gasteiger partial charge in [0.2, 0.25) is 0 Å². The first kappa shape index (κ1) is 15.4. The van der Waals surface area contributed by atoms with E-state index < -0.39 is 14.1 Å². The van der Waals surface area contributed by atoms with E-state index in [0.29, 0.717) is 0 Å². The van der Waals surface area contributed by atoms with Gasteiger partial charge in [0, 0.05) is 23.6 Å². The van der Waals surface area contributed by atoms with E-state index in [1.807, 2.05) is 0 Å². The Labute approximate surface area is 139 Å². The molecule has 0 spiro atoms. The third-order valence-corrected chi connectivity index (χ3v) is 8.60. The number of alkyl halides is 6. The summed E-state index contributed by atoms with van der Waals surface area (Å²) in [4.78, 5) is -2.59. The minimum Gasteiger partial charge on any atom is -0.126 e. The maximum atomic E-state index is 6.50. The van der Waals surface area contributed by atoms with Gasteiger partial charge >= 0.3 is 0 Å². The fraction of sp³-hybridized carbons (Fsp3) is 0.778. The zero-order valence-electron chi connectivity index (χ0n) is 8.09. The molecule has 17 heavy (non-hydrogen) atoms. The second-order valence-corrected chi connectivity index (χ2v) is 8.04. The highest BCUT2D eigenvalue weighted by atomic mass is 35.5. The van der Waals surface area contributed by atoms with Crippen molar-refractivity contribution in [3.63, 3.8) is 0 Å². The lowest BCUT2D eigenvalue weighted by Gasteiger charge is -2.34. The van der Waals surface area contributed by atoms with Crippen LogP contribution in [0.4, 0.5) is 0 Å². The number of hydrogen-bond donors (Lipinski definition) is 0. The molecule has 0 aliphatic heterocycles. The van der Waals surface area contributed by atoms with Crippen molar-refractivity contribution in [2.75, 3.05) is 11.8 Å². The van der Waals surface area contributed by atoms with Gasteiger partial charge in [-0.15, -0.1) is 46.4 Å². The molecule has 1 fully saturated rings. The minimum absolute atomic E-state index is 0.160. The molecule has 2 rings (SSSR count). The lowest BCUT2D eigenvalue weighted by Crippen LogP contribution is -2.45. The van der Waals surface area contributed by atoms with Gasteiger partial charge in [-0.25, -0.2) is 0 Å². The monoisotopic (exact) mass is 394 g/mol. The van der Waals surface area contributed by atoms with Gasteiger partial charge in [-0.1, -0.05) is 46.4 Å². The average Bonchev–Trinajstić information content (AvgIpc) is 2.48.